The molecule has 1 saturated heterocycles. The van der Waals surface area contributed by atoms with Crippen LogP contribution in [0.5, 0.6) is 0 Å². The summed E-state index contributed by atoms with van der Waals surface area (Å²) < 4.78 is 27.3. The molecule has 3 heterocycles. The third-order valence-electron chi connectivity index (χ3n) is 5.32. The van der Waals surface area contributed by atoms with Gasteiger partial charge in [0.15, 0.2) is 5.69 Å². The van der Waals surface area contributed by atoms with E-state index in [1.54, 1.807) is 0 Å². The lowest BCUT2D eigenvalue weighted by molar-refractivity contribution is 0.0944. The molecule has 148 valence electrons. The summed E-state index contributed by atoms with van der Waals surface area (Å²) in [5.41, 5.74) is 1.16. The van der Waals surface area contributed by atoms with E-state index in [1.165, 1.54) is 10.6 Å². The van der Waals surface area contributed by atoms with Gasteiger partial charge in [-0.2, -0.15) is 0 Å². The first-order chi connectivity index (χ1) is 12.8. The number of nitrogens with one attached hydrogen (secondary N) is 1. The fourth-order valence-corrected chi connectivity index (χ4v) is 4.38. The molecular weight excluding hydrogens is 364 g/mol. The van der Waals surface area contributed by atoms with E-state index in [4.69, 9.17) is 0 Å². The molecule has 1 N–H and O–H groups in total. The van der Waals surface area contributed by atoms with Gasteiger partial charge in [-0.05, 0) is 30.9 Å². The number of nitrogens with zero attached hydrogens (tertiary/aromatic N) is 3. The van der Waals surface area contributed by atoms with E-state index >= 15 is 0 Å². The van der Waals surface area contributed by atoms with Gasteiger partial charge in [0.05, 0.1) is 11.8 Å². The molecule has 2 atom stereocenters. The standard InChI is InChI=1S/C19H28N4O3S/c1-4-14(2)12-20-19(24)17-16-9-5-6-11-23(16)18(21-17)15-8-7-10-22(13-15)27(3,25)26/h5-6,9,11,14-15H,4,7-8,10,12-13H2,1-3H3,(H,20,24)/t14-,15+/m1/s1. The lowest BCUT2D eigenvalue weighted by Gasteiger charge is -2.30. The van der Waals surface area contributed by atoms with Gasteiger partial charge in [0.1, 0.15) is 5.82 Å². The molecule has 1 aliphatic heterocycles. The minimum atomic E-state index is -3.23. The molecule has 3 rings (SSSR count). The van der Waals surface area contributed by atoms with E-state index in [9.17, 15) is 13.2 Å². The third-order valence-corrected chi connectivity index (χ3v) is 6.59. The molecule has 8 heteroatoms. The number of aromatic nitrogens is 2. The topological polar surface area (TPSA) is 83.8 Å². The van der Waals surface area contributed by atoms with Crippen LogP contribution in [0.3, 0.4) is 0 Å². The van der Waals surface area contributed by atoms with Crippen LogP contribution in [0.15, 0.2) is 24.4 Å². The van der Waals surface area contributed by atoms with Crippen LogP contribution in [0.1, 0.15) is 55.3 Å². The van der Waals surface area contributed by atoms with Crippen molar-refractivity contribution in [3.05, 3.63) is 35.9 Å². The van der Waals surface area contributed by atoms with Crippen molar-refractivity contribution in [3.8, 4) is 0 Å². The molecule has 2 aromatic heterocycles. The number of piperidine rings is 1. The predicted molar refractivity (Wildman–Crippen MR) is 105 cm³/mol. The molecule has 1 amide bonds. The second kappa shape index (κ2) is 7.98. The summed E-state index contributed by atoms with van der Waals surface area (Å²) in [4.78, 5) is 17.4. The van der Waals surface area contributed by atoms with Gasteiger partial charge < -0.3 is 9.72 Å². The maximum absolute atomic E-state index is 12.7. The molecule has 1 fully saturated rings. The van der Waals surface area contributed by atoms with Gasteiger partial charge >= 0.3 is 0 Å². The van der Waals surface area contributed by atoms with Crippen molar-refractivity contribution in [3.63, 3.8) is 0 Å². The number of pyridine rings is 1. The summed E-state index contributed by atoms with van der Waals surface area (Å²) in [6.07, 6.45) is 5.77. The van der Waals surface area contributed by atoms with Gasteiger partial charge in [0.2, 0.25) is 10.0 Å². The largest absolute Gasteiger partial charge is 0.350 e. The Bertz CT molecular complexity index is 922. The Morgan fingerprint density at radius 3 is 2.89 bits per heavy atom. The highest BCUT2D eigenvalue weighted by Gasteiger charge is 2.30. The van der Waals surface area contributed by atoms with Crippen molar-refractivity contribution in [1.82, 2.24) is 19.0 Å². The van der Waals surface area contributed by atoms with E-state index < -0.39 is 10.0 Å². The summed E-state index contributed by atoms with van der Waals surface area (Å²) in [6, 6.07) is 5.66. The van der Waals surface area contributed by atoms with Gasteiger partial charge in [-0.3, -0.25) is 4.79 Å². The molecule has 0 aromatic carbocycles. The predicted octanol–water partition coefficient (Wildman–Crippen LogP) is 2.25. The number of hydrogen-bond donors (Lipinski definition) is 1. The molecular formula is C19H28N4O3S. The number of rotatable bonds is 6. The molecule has 1 aliphatic rings. The Morgan fingerprint density at radius 2 is 2.19 bits per heavy atom. The highest BCUT2D eigenvalue weighted by Crippen LogP contribution is 2.29. The fraction of sp³-hybridized carbons (Fsp3) is 0.579. The summed E-state index contributed by atoms with van der Waals surface area (Å²) in [5, 5.41) is 2.97. The molecule has 0 unspecified atom stereocenters. The molecule has 7 nitrogen and oxygen atoms in total. The first-order valence-corrected chi connectivity index (χ1v) is 11.4. The minimum absolute atomic E-state index is 0.0282. The Labute approximate surface area is 160 Å². The molecule has 0 bridgehead atoms. The lowest BCUT2D eigenvalue weighted by atomic mass is 9.99. The average molecular weight is 393 g/mol. The van der Waals surface area contributed by atoms with Gasteiger partial charge in [0, 0.05) is 31.7 Å². The lowest BCUT2D eigenvalue weighted by Crippen LogP contribution is -2.38. The van der Waals surface area contributed by atoms with Crippen molar-refractivity contribution < 1.29 is 13.2 Å². The number of sulfonamides is 1. The summed E-state index contributed by atoms with van der Waals surface area (Å²) in [6.45, 7) is 5.75. The minimum Gasteiger partial charge on any atom is -0.350 e. The van der Waals surface area contributed by atoms with Crippen molar-refractivity contribution in [1.29, 1.82) is 0 Å². The van der Waals surface area contributed by atoms with Crippen molar-refractivity contribution in [2.75, 3.05) is 25.9 Å². The Hall–Kier alpha value is -1.93. The summed E-state index contributed by atoms with van der Waals surface area (Å²) >= 11 is 0. The van der Waals surface area contributed by atoms with Crippen LogP contribution >= 0.6 is 0 Å². The Morgan fingerprint density at radius 1 is 1.41 bits per heavy atom. The van der Waals surface area contributed by atoms with Gasteiger partial charge in [-0.25, -0.2) is 17.7 Å². The highest BCUT2D eigenvalue weighted by atomic mass is 32.2. The smallest absolute Gasteiger partial charge is 0.272 e. The third kappa shape index (κ3) is 4.32. The summed E-state index contributed by atoms with van der Waals surface area (Å²) in [5.74, 6) is 0.956. The number of carbonyl (C=O) groups is 1. The molecule has 0 radical (unpaired) electrons. The van der Waals surface area contributed by atoms with Gasteiger partial charge in [-0.1, -0.05) is 26.3 Å². The van der Waals surface area contributed by atoms with Gasteiger partial charge in [-0.15, -0.1) is 0 Å². The van der Waals surface area contributed by atoms with Crippen molar-refractivity contribution in [2.45, 2.75) is 39.0 Å². The average Bonchev–Trinajstić information content (AvgIpc) is 3.05. The zero-order valence-corrected chi connectivity index (χ0v) is 17.0. The molecule has 27 heavy (non-hydrogen) atoms. The van der Waals surface area contributed by atoms with Crippen LogP contribution in [0, 0.1) is 5.92 Å². The first kappa shape index (κ1) is 19.8. The molecule has 2 aromatic rings. The highest BCUT2D eigenvalue weighted by molar-refractivity contribution is 7.88. The van der Waals surface area contributed by atoms with Gasteiger partial charge in [0.25, 0.3) is 5.91 Å². The van der Waals surface area contributed by atoms with E-state index in [1.807, 2.05) is 28.8 Å². The number of fused-ring (bicyclic) bond motifs is 1. The zero-order valence-electron chi connectivity index (χ0n) is 16.2. The summed E-state index contributed by atoms with van der Waals surface area (Å²) in [7, 11) is -3.23. The second-order valence-corrected chi connectivity index (χ2v) is 9.44. The fourth-order valence-electron chi connectivity index (χ4n) is 3.47. The van der Waals surface area contributed by atoms with E-state index in [0.717, 1.165) is 30.6 Å². The second-order valence-electron chi connectivity index (χ2n) is 7.46. The van der Waals surface area contributed by atoms with Crippen LogP contribution in [0.4, 0.5) is 0 Å². The van der Waals surface area contributed by atoms with Crippen LogP contribution < -0.4 is 5.32 Å². The van der Waals surface area contributed by atoms with E-state index in [-0.39, 0.29) is 11.8 Å². The van der Waals surface area contributed by atoms with Crippen molar-refractivity contribution in [2.24, 2.45) is 5.92 Å². The Kier molecular flexibility index (Phi) is 5.86. The maximum atomic E-state index is 12.7. The van der Waals surface area contributed by atoms with Crippen LogP contribution in [0.25, 0.3) is 5.52 Å². The van der Waals surface area contributed by atoms with Crippen molar-refractivity contribution >= 4 is 21.4 Å². The molecule has 0 aliphatic carbocycles. The quantitative estimate of drug-likeness (QED) is 0.817. The molecule has 0 saturated carbocycles. The zero-order chi connectivity index (χ0) is 19.6. The Balaban J connectivity index is 1.92. The maximum Gasteiger partial charge on any atom is 0.272 e. The number of imidazole rings is 1. The number of carbonyl (C=O) groups excluding carboxylic acids is 1. The number of hydrogen-bond acceptors (Lipinski definition) is 4. The number of amides is 1. The monoisotopic (exact) mass is 392 g/mol. The van der Waals surface area contributed by atoms with E-state index in [2.05, 4.69) is 24.1 Å². The molecule has 0 spiro atoms. The van der Waals surface area contributed by atoms with E-state index in [0.29, 0.717) is 31.2 Å². The van der Waals surface area contributed by atoms with Crippen LogP contribution in [0.2, 0.25) is 0 Å². The van der Waals surface area contributed by atoms with Crippen LogP contribution in [-0.2, 0) is 10.0 Å². The first-order valence-electron chi connectivity index (χ1n) is 9.51. The SMILES string of the molecule is CC[C@@H](C)CNC(=O)c1nc([C@H]2CCCN(S(C)(=O)=O)C2)n2ccccc12. The normalized spacial score (nSPS) is 19.9. The van der Waals surface area contributed by atoms with Crippen LogP contribution in [-0.4, -0.2) is 53.9 Å².